The molecule has 0 radical (unpaired) electrons. The fraction of sp³-hybridized carbons (Fsp3) is 0.455. The third-order valence-electron chi connectivity index (χ3n) is 4.30. The Balaban J connectivity index is 0. The Hall–Kier alpha value is -0.240. The number of aliphatic hydroxyl groups excluding tert-OH is 1. The molecule has 0 heterocycles. The van der Waals surface area contributed by atoms with Gasteiger partial charge in [0.05, 0.1) is 0 Å². The summed E-state index contributed by atoms with van der Waals surface area (Å²) >= 11 is 1.58. The monoisotopic (exact) mass is 434 g/mol. The molecule has 2 aliphatic carbocycles. The Bertz CT molecular complexity index is 442. The summed E-state index contributed by atoms with van der Waals surface area (Å²) in [5.74, 6) is 0. The number of hydrogen-bond donors (Lipinski definition) is 1. The largest absolute Gasteiger partial charge is 0.210 e. The van der Waals surface area contributed by atoms with Crippen LogP contribution in [0.3, 0.4) is 0 Å². The van der Waals surface area contributed by atoms with Crippen molar-refractivity contribution in [1.29, 1.82) is 0 Å². The zero-order valence-electron chi connectivity index (χ0n) is 16.5. The van der Waals surface area contributed by atoms with Crippen LogP contribution < -0.4 is 0 Å². The van der Waals surface area contributed by atoms with Crippen LogP contribution in [0.15, 0.2) is 36.4 Å². The number of hydrogen-bond acceptors (Lipinski definition) is 1. The summed E-state index contributed by atoms with van der Waals surface area (Å²) in [4.78, 5) is 0. The Morgan fingerprint density at radius 2 is 1.16 bits per heavy atom. The maximum atomic E-state index is 7.57. The first kappa shape index (κ1) is 27.0. The predicted molar refractivity (Wildman–Crippen MR) is 111 cm³/mol. The summed E-state index contributed by atoms with van der Waals surface area (Å²) in [6, 6.07) is 13.4. The molecule has 0 amide bonds. The van der Waals surface area contributed by atoms with E-state index >= 15 is 0 Å². The van der Waals surface area contributed by atoms with Crippen LogP contribution >= 0.6 is 0 Å². The van der Waals surface area contributed by atoms with Gasteiger partial charge in [0.15, 0.2) is 0 Å². The Morgan fingerprint density at radius 3 is 1.48 bits per heavy atom. The molecular formula is C22H36OSiZr-4. The first-order chi connectivity index (χ1) is 11.3. The van der Waals surface area contributed by atoms with Gasteiger partial charge in [-0.1, -0.05) is 51.4 Å². The maximum absolute atomic E-state index is 7.57. The molecule has 2 aliphatic rings. The van der Waals surface area contributed by atoms with Gasteiger partial charge in [-0.2, -0.15) is 46.5 Å². The average molecular weight is 436 g/mol. The molecule has 3 heteroatoms. The number of aryl methyl sites for hydroxylation is 4. The normalized spacial score (nSPS) is 13.3. The van der Waals surface area contributed by atoms with E-state index in [9.17, 15) is 0 Å². The second-order valence-corrected chi connectivity index (χ2v) is 5.88. The summed E-state index contributed by atoms with van der Waals surface area (Å²) in [7, 11) is 0. The van der Waals surface area contributed by atoms with E-state index in [-0.39, 0.29) is 21.5 Å². The van der Waals surface area contributed by atoms with Crippen LogP contribution in [0.25, 0.3) is 0 Å². The van der Waals surface area contributed by atoms with Gasteiger partial charge in [0.2, 0.25) is 0 Å². The van der Waals surface area contributed by atoms with Crippen LogP contribution in [0, 0.1) is 14.9 Å². The van der Waals surface area contributed by atoms with Crippen LogP contribution in [0.4, 0.5) is 0 Å². The van der Waals surface area contributed by atoms with Gasteiger partial charge in [0.25, 0.3) is 0 Å². The van der Waals surface area contributed by atoms with Gasteiger partial charge in [-0.25, -0.2) is 12.1 Å². The molecule has 4 rings (SSSR count). The molecule has 0 spiro atoms. The molecule has 0 unspecified atom stereocenters. The zero-order valence-corrected chi connectivity index (χ0v) is 20.4. The summed E-state index contributed by atoms with van der Waals surface area (Å²) < 4.78 is 0. The van der Waals surface area contributed by atoms with E-state index in [0.29, 0.717) is 0 Å². The van der Waals surface area contributed by atoms with Crippen LogP contribution in [0.2, 0.25) is 0 Å². The van der Waals surface area contributed by atoms with Crippen molar-refractivity contribution < 1.29 is 28.4 Å². The molecule has 1 nitrogen and oxygen atoms in total. The van der Waals surface area contributed by atoms with E-state index in [1.54, 1.807) is 52.5 Å². The van der Waals surface area contributed by atoms with Crippen LogP contribution in [0.5, 0.6) is 0 Å². The number of aliphatic hydroxyl groups is 1. The topological polar surface area (TPSA) is 20.2 Å². The number of rotatable bonds is 0. The first-order valence-corrected chi connectivity index (χ1v) is 14.7. The Labute approximate surface area is 173 Å². The minimum absolute atomic E-state index is 0. The minimum Gasteiger partial charge on any atom is -0.210 e. The van der Waals surface area contributed by atoms with E-state index in [2.05, 4.69) is 36.4 Å². The van der Waals surface area contributed by atoms with Gasteiger partial charge in [0.1, 0.15) is 0 Å². The SMILES string of the molecule is CCO.[CH3-].[CH3-].[SiH2]=[Zr].c1cc2c([cH-]1)CCCC2.c1cc2c([cH-]1)CCCC2. The third-order valence-corrected chi connectivity index (χ3v) is 4.30. The summed E-state index contributed by atoms with van der Waals surface area (Å²) in [5, 5.41) is 7.57. The van der Waals surface area contributed by atoms with Gasteiger partial charge >= 0.3 is 30.2 Å². The second-order valence-electron chi connectivity index (χ2n) is 5.88. The summed E-state index contributed by atoms with van der Waals surface area (Å²) in [6.07, 6.45) is 10.9. The van der Waals surface area contributed by atoms with Crippen LogP contribution in [-0.4, -0.2) is 18.6 Å². The van der Waals surface area contributed by atoms with Crippen molar-refractivity contribution in [2.75, 3.05) is 6.61 Å². The van der Waals surface area contributed by atoms with Gasteiger partial charge in [0, 0.05) is 6.61 Å². The fourth-order valence-corrected chi connectivity index (χ4v) is 3.23. The molecule has 2 aromatic rings. The van der Waals surface area contributed by atoms with E-state index in [1.165, 1.54) is 51.4 Å². The van der Waals surface area contributed by atoms with Crippen molar-refractivity contribution in [2.24, 2.45) is 0 Å². The molecule has 0 aliphatic heterocycles. The van der Waals surface area contributed by atoms with E-state index in [0.717, 1.165) is 0 Å². The standard InChI is InChI=1S/2C9H11.C2H6O.2CH3.H2Si.Zr/c2*1-2-5-9-7-3-6-8(9)4-1;1-2-3;;;;/h2*3,6-7H,1-2,4-5H2;3H,2H2,1H3;2*1H3;1H2;/q2*-1;;2*-1;;. The van der Waals surface area contributed by atoms with E-state index in [1.807, 2.05) is 6.88 Å². The van der Waals surface area contributed by atoms with Gasteiger partial charge in [-0.05, 0) is 6.92 Å². The molecule has 25 heavy (non-hydrogen) atoms. The molecule has 0 fully saturated rings. The van der Waals surface area contributed by atoms with E-state index in [4.69, 9.17) is 5.11 Å². The van der Waals surface area contributed by atoms with Crippen molar-refractivity contribution in [3.05, 3.63) is 73.5 Å². The molecule has 0 atom stereocenters. The van der Waals surface area contributed by atoms with Gasteiger partial charge in [-0.3, -0.25) is 0 Å². The molecule has 142 valence electrons. The molecule has 0 aromatic heterocycles. The zero-order chi connectivity index (χ0) is 16.9. The van der Waals surface area contributed by atoms with Gasteiger partial charge < -0.3 is 20.0 Å². The summed E-state index contributed by atoms with van der Waals surface area (Å²) in [6.45, 7) is 3.88. The van der Waals surface area contributed by atoms with Crippen molar-refractivity contribution in [2.45, 2.75) is 58.3 Å². The molecule has 1 N–H and O–H groups in total. The predicted octanol–water partition coefficient (Wildman–Crippen LogP) is 4.55. The van der Waals surface area contributed by atoms with Crippen molar-refractivity contribution in [1.82, 2.24) is 0 Å². The molecule has 2 aromatic carbocycles. The molecule has 0 saturated heterocycles. The smallest absolute Gasteiger partial charge is 0.0512 e. The minimum atomic E-state index is 0. The van der Waals surface area contributed by atoms with Crippen molar-refractivity contribution >= 4 is 6.88 Å². The van der Waals surface area contributed by atoms with Crippen molar-refractivity contribution in [3.63, 3.8) is 0 Å². The maximum Gasteiger partial charge on any atom is -0.0512 e. The first-order valence-electron chi connectivity index (χ1n) is 8.78. The molecule has 0 saturated carbocycles. The molecular weight excluding hydrogens is 400 g/mol. The average Bonchev–Trinajstić information content (AvgIpc) is 3.27. The quantitative estimate of drug-likeness (QED) is 0.475. The third kappa shape index (κ3) is 9.87. The van der Waals surface area contributed by atoms with E-state index < -0.39 is 0 Å². The number of fused-ring (bicyclic) bond motifs is 2. The van der Waals surface area contributed by atoms with Crippen LogP contribution in [-0.2, 0) is 49.0 Å². The Morgan fingerprint density at radius 1 is 0.840 bits per heavy atom. The molecule has 0 bridgehead atoms. The Kier molecular flexibility index (Phi) is 18.6. The second kappa shape index (κ2) is 17.2. The summed E-state index contributed by atoms with van der Waals surface area (Å²) in [5.41, 5.74) is 6.39. The van der Waals surface area contributed by atoms with Crippen LogP contribution in [0.1, 0.15) is 54.9 Å². The van der Waals surface area contributed by atoms with Crippen molar-refractivity contribution in [3.8, 4) is 0 Å². The van der Waals surface area contributed by atoms with Gasteiger partial charge in [-0.15, -0.1) is 0 Å². The fourth-order valence-electron chi connectivity index (χ4n) is 3.23.